The van der Waals surface area contributed by atoms with Gasteiger partial charge in [-0.3, -0.25) is 10.1 Å². The van der Waals surface area contributed by atoms with E-state index in [-0.39, 0.29) is 17.0 Å². The largest absolute Gasteiger partial charge is 0.507 e. The molecular weight excluding hydrogens is 376 g/mol. The van der Waals surface area contributed by atoms with Crippen LogP contribution in [0.25, 0.3) is 4.85 Å². The molecule has 29 heavy (non-hydrogen) atoms. The number of nitrogens with two attached hydrogens (primary N) is 1. The van der Waals surface area contributed by atoms with Gasteiger partial charge in [0, 0.05) is 0 Å². The van der Waals surface area contributed by atoms with E-state index in [1.54, 1.807) is 51.1 Å². The number of guanidine groups is 1. The number of benzene rings is 2. The van der Waals surface area contributed by atoms with Gasteiger partial charge in [-0.05, 0) is 45.0 Å². The molecule has 4 N–H and O–H groups in total. The van der Waals surface area contributed by atoms with Gasteiger partial charge in [0.15, 0.2) is 5.75 Å². The summed E-state index contributed by atoms with van der Waals surface area (Å²) in [4.78, 5) is 31.1. The second-order valence-electron chi connectivity index (χ2n) is 6.77. The van der Waals surface area contributed by atoms with E-state index in [2.05, 4.69) is 15.2 Å². The molecule has 0 aromatic heterocycles. The molecule has 0 aliphatic rings. The predicted octanol–water partition coefficient (Wildman–Crippen LogP) is 3.71. The van der Waals surface area contributed by atoms with Gasteiger partial charge in [-0.1, -0.05) is 18.2 Å². The summed E-state index contributed by atoms with van der Waals surface area (Å²) in [5, 5.41) is 12.4. The number of rotatable bonds is 3. The Balaban J connectivity index is 2.34. The number of phenolic OH excluding ortho intramolecular Hbond substituents is 1. The minimum atomic E-state index is -0.991. The highest BCUT2D eigenvalue weighted by Crippen LogP contribution is 2.40. The Labute approximate surface area is 167 Å². The van der Waals surface area contributed by atoms with Crippen LogP contribution < -0.4 is 15.8 Å². The highest BCUT2D eigenvalue weighted by atomic mass is 16.6. The third-order valence-electron chi connectivity index (χ3n) is 3.27. The lowest BCUT2D eigenvalue weighted by Crippen LogP contribution is -2.38. The Bertz CT molecular complexity index is 988. The summed E-state index contributed by atoms with van der Waals surface area (Å²) in [6, 6.07) is 10.9. The summed E-state index contributed by atoms with van der Waals surface area (Å²) >= 11 is 0. The number of carbonyl (C=O) groups excluding carboxylic acids is 2. The molecule has 2 aromatic carbocycles. The van der Waals surface area contributed by atoms with Crippen LogP contribution in [0.5, 0.6) is 17.2 Å². The number of nitrogens with one attached hydrogen (secondary N) is 1. The minimum Gasteiger partial charge on any atom is -0.507 e. The summed E-state index contributed by atoms with van der Waals surface area (Å²) in [7, 11) is 0. The van der Waals surface area contributed by atoms with Gasteiger partial charge in [-0.2, -0.15) is 0 Å². The van der Waals surface area contributed by atoms with E-state index in [0.717, 1.165) is 0 Å². The fourth-order valence-corrected chi connectivity index (χ4v) is 2.17. The normalized spacial score (nSPS) is 11.3. The maximum Gasteiger partial charge on any atom is 0.437 e. The number of amides is 2. The van der Waals surface area contributed by atoms with Crippen LogP contribution >= 0.6 is 0 Å². The lowest BCUT2D eigenvalue weighted by molar-refractivity contribution is 0.0604. The van der Waals surface area contributed by atoms with Crippen molar-refractivity contribution in [2.45, 2.75) is 26.4 Å². The fourth-order valence-electron chi connectivity index (χ4n) is 2.17. The van der Waals surface area contributed by atoms with Crippen molar-refractivity contribution in [3.63, 3.8) is 0 Å². The summed E-state index contributed by atoms with van der Waals surface area (Å²) in [6.07, 6.45) is -0.991. The van der Waals surface area contributed by atoms with Crippen LogP contribution in [0.1, 0.15) is 31.1 Å². The average Bonchev–Trinajstić information content (AvgIpc) is 2.60. The first-order valence-corrected chi connectivity index (χ1v) is 8.45. The zero-order valence-electron chi connectivity index (χ0n) is 16.1. The third kappa shape index (κ3) is 5.97. The predicted molar refractivity (Wildman–Crippen MR) is 106 cm³/mol. The molecule has 0 atom stereocenters. The first-order valence-electron chi connectivity index (χ1n) is 8.45. The molecule has 0 heterocycles. The number of aromatic hydroxyl groups is 1. The molecule has 0 aliphatic carbocycles. The summed E-state index contributed by atoms with van der Waals surface area (Å²) < 4.78 is 10.6. The minimum absolute atomic E-state index is 0.000504. The standard InChI is InChI=1S/C20H20N4O5/c1-20(2,3)29-19(27)24-18(21)23-17(26)15-14(25)11-10-13(22-4)16(15)28-12-8-6-5-7-9-12/h5-11,25H,1-3H3,(H3,21,23,24,26,27). The molecule has 0 aliphatic heterocycles. The van der Waals surface area contributed by atoms with Gasteiger partial charge < -0.3 is 20.3 Å². The van der Waals surface area contributed by atoms with Crippen LogP contribution in [0.15, 0.2) is 47.5 Å². The Hall–Kier alpha value is -4.06. The average molecular weight is 396 g/mol. The Morgan fingerprint density at radius 3 is 2.41 bits per heavy atom. The molecule has 0 radical (unpaired) electrons. The zero-order chi connectivity index (χ0) is 21.6. The van der Waals surface area contributed by atoms with Gasteiger partial charge in [-0.25, -0.2) is 9.64 Å². The number of para-hydroxylation sites is 1. The first-order chi connectivity index (χ1) is 13.6. The first kappa shape index (κ1) is 21.2. The molecule has 0 saturated carbocycles. The SMILES string of the molecule is [C-]#[N+]c1ccc(O)c(C(=O)NC(N)=NC(=O)OC(C)(C)C)c1Oc1ccccc1. The summed E-state index contributed by atoms with van der Waals surface area (Å²) in [6.45, 7) is 12.2. The topological polar surface area (TPSA) is 128 Å². The fraction of sp³-hybridized carbons (Fsp3) is 0.200. The van der Waals surface area contributed by atoms with Gasteiger partial charge in [0.25, 0.3) is 5.91 Å². The van der Waals surface area contributed by atoms with E-state index in [1.807, 2.05) is 0 Å². The van der Waals surface area contributed by atoms with E-state index in [1.165, 1.54) is 12.1 Å². The van der Waals surface area contributed by atoms with Crippen molar-refractivity contribution in [1.82, 2.24) is 5.32 Å². The van der Waals surface area contributed by atoms with E-state index in [0.29, 0.717) is 5.75 Å². The molecule has 9 nitrogen and oxygen atoms in total. The van der Waals surface area contributed by atoms with Crippen molar-refractivity contribution in [3.05, 3.63) is 59.4 Å². The van der Waals surface area contributed by atoms with Crippen LogP contribution in [0, 0.1) is 6.57 Å². The maximum absolute atomic E-state index is 12.7. The highest BCUT2D eigenvalue weighted by molar-refractivity contribution is 6.10. The van der Waals surface area contributed by atoms with Crippen molar-refractivity contribution < 1.29 is 24.2 Å². The number of ether oxygens (including phenoxy) is 2. The van der Waals surface area contributed by atoms with Crippen LogP contribution in [0.3, 0.4) is 0 Å². The van der Waals surface area contributed by atoms with E-state index in [9.17, 15) is 14.7 Å². The second kappa shape index (κ2) is 8.75. The smallest absolute Gasteiger partial charge is 0.437 e. The molecular formula is C20H20N4O5. The number of hydrogen-bond donors (Lipinski definition) is 3. The Morgan fingerprint density at radius 2 is 1.83 bits per heavy atom. The van der Waals surface area contributed by atoms with Gasteiger partial charge >= 0.3 is 6.09 Å². The van der Waals surface area contributed by atoms with Crippen molar-refractivity contribution in [2.24, 2.45) is 10.7 Å². The van der Waals surface area contributed by atoms with Crippen LogP contribution in [-0.4, -0.2) is 28.7 Å². The molecule has 2 amide bonds. The van der Waals surface area contributed by atoms with Crippen LogP contribution in [-0.2, 0) is 4.74 Å². The quantitative estimate of drug-likeness (QED) is 0.412. The molecule has 2 aromatic rings. The number of nitrogens with zero attached hydrogens (tertiary/aromatic N) is 2. The number of aliphatic imine (C=N–C) groups is 1. The maximum atomic E-state index is 12.7. The van der Waals surface area contributed by atoms with E-state index >= 15 is 0 Å². The van der Waals surface area contributed by atoms with Gasteiger partial charge in [0.05, 0.1) is 6.57 Å². The molecule has 0 unspecified atom stereocenters. The molecule has 0 saturated heterocycles. The highest BCUT2D eigenvalue weighted by Gasteiger charge is 2.23. The van der Waals surface area contributed by atoms with Crippen molar-refractivity contribution in [1.29, 1.82) is 0 Å². The van der Waals surface area contributed by atoms with Gasteiger partial charge in [0.1, 0.15) is 22.7 Å². The van der Waals surface area contributed by atoms with Crippen molar-refractivity contribution in [2.75, 3.05) is 0 Å². The molecule has 0 fully saturated rings. The molecule has 9 heteroatoms. The van der Waals surface area contributed by atoms with Gasteiger partial charge in [-0.15, -0.1) is 4.99 Å². The molecule has 0 bridgehead atoms. The number of phenols is 1. The molecule has 0 spiro atoms. The van der Waals surface area contributed by atoms with Crippen LogP contribution in [0.4, 0.5) is 10.5 Å². The summed E-state index contributed by atoms with van der Waals surface area (Å²) in [5.74, 6) is -1.70. The zero-order valence-corrected chi connectivity index (χ0v) is 16.1. The second-order valence-corrected chi connectivity index (χ2v) is 6.77. The van der Waals surface area contributed by atoms with Crippen LogP contribution in [0.2, 0.25) is 0 Å². The lowest BCUT2D eigenvalue weighted by atomic mass is 10.1. The summed E-state index contributed by atoms with van der Waals surface area (Å²) in [5.41, 5.74) is 4.47. The van der Waals surface area contributed by atoms with Crippen molar-refractivity contribution >= 4 is 23.6 Å². The number of hydrogen-bond acceptors (Lipinski definition) is 5. The Kier molecular flexibility index (Phi) is 6.41. The third-order valence-corrected chi connectivity index (χ3v) is 3.27. The lowest BCUT2D eigenvalue weighted by Gasteiger charge is -2.17. The molecule has 150 valence electrons. The number of carbonyl (C=O) groups is 2. The van der Waals surface area contributed by atoms with Crippen molar-refractivity contribution in [3.8, 4) is 17.2 Å². The monoisotopic (exact) mass is 396 g/mol. The molecule has 2 rings (SSSR count). The van der Waals surface area contributed by atoms with E-state index < -0.39 is 29.3 Å². The van der Waals surface area contributed by atoms with E-state index in [4.69, 9.17) is 21.8 Å². The van der Waals surface area contributed by atoms with Gasteiger partial charge in [0.2, 0.25) is 11.6 Å². The Morgan fingerprint density at radius 1 is 1.17 bits per heavy atom.